The molecule has 0 atom stereocenters. The van der Waals surface area contributed by atoms with Gasteiger partial charge in [-0.15, -0.1) is 0 Å². The number of fused-ring (bicyclic) bond motifs is 1. The van der Waals surface area contributed by atoms with E-state index >= 15 is 0 Å². The summed E-state index contributed by atoms with van der Waals surface area (Å²) in [5.41, 5.74) is 1.70. The highest BCUT2D eigenvalue weighted by Gasteiger charge is 2.24. The van der Waals surface area contributed by atoms with Crippen molar-refractivity contribution >= 4 is 17.5 Å². The summed E-state index contributed by atoms with van der Waals surface area (Å²) in [5, 5.41) is 0. The zero-order chi connectivity index (χ0) is 21.5. The molecule has 7 nitrogen and oxygen atoms in total. The SMILES string of the molecule is CCN(Cc1ccc(OC)c(OC)c1)C(=O)CCC(=O)N1CCOc2ccccc21. The molecular weight excluding hydrogens is 384 g/mol. The lowest BCUT2D eigenvalue weighted by Crippen LogP contribution is -2.39. The van der Waals surface area contributed by atoms with Crippen LogP contribution in [0, 0.1) is 0 Å². The zero-order valence-corrected chi connectivity index (χ0v) is 17.7. The molecule has 3 rings (SSSR count). The number of hydrogen-bond acceptors (Lipinski definition) is 5. The van der Waals surface area contributed by atoms with Crippen LogP contribution in [-0.4, -0.2) is 50.6 Å². The van der Waals surface area contributed by atoms with Gasteiger partial charge in [0.15, 0.2) is 11.5 Å². The van der Waals surface area contributed by atoms with Crippen LogP contribution in [0.5, 0.6) is 17.2 Å². The number of carbonyl (C=O) groups is 2. The summed E-state index contributed by atoms with van der Waals surface area (Å²) in [4.78, 5) is 29.0. The minimum Gasteiger partial charge on any atom is -0.493 e. The molecule has 0 saturated heterocycles. The highest BCUT2D eigenvalue weighted by Crippen LogP contribution is 2.31. The number of anilines is 1. The van der Waals surface area contributed by atoms with Crippen LogP contribution in [0.1, 0.15) is 25.3 Å². The maximum atomic E-state index is 12.8. The average molecular weight is 412 g/mol. The Balaban J connectivity index is 1.60. The number of rotatable bonds is 8. The van der Waals surface area contributed by atoms with E-state index in [1.807, 2.05) is 49.4 Å². The molecule has 30 heavy (non-hydrogen) atoms. The molecule has 0 unspecified atom stereocenters. The number of amides is 2. The van der Waals surface area contributed by atoms with Crippen LogP contribution >= 0.6 is 0 Å². The molecular formula is C23H28N2O5. The van der Waals surface area contributed by atoms with Gasteiger partial charge in [-0.3, -0.25) is 9.59 Å². The molecule has 0 aliphatic carbocycles. The smallest absolute Gasteiger partial charge is 0.227 e. The summed E-state index contributed by atoms with van der Waals surface area (Å²) >= 11 is 0. The fourth-order valence-corrected chi connectivity index (χ4v) is 3.51. The Morgan fingerprint density at radius 3 is 2.57 bits per heavy atom. The van der Waals surface area contributed by atoms with Gasteiger partial charge in [-0.1, -0.05) is 18.2 Å². The third-order valence-electron chi connectivity index (χ3n) is 5.14. The van der Waals surface area contributed by atoms with Crippen molar-refractivity contribution in [3.05, 3.63) is 48.0 Å². The first-order valence-corrected chi connectivity index (χ1v) is 10.1. The topological polar surface area (TPSA) is 68.3 Å². The van der Waals surface area contributed by atoms with Crippen molar-refractivity contribution in [1.82, 2.24) is 4.90 Å². The summed E-state index contributed by atoms with van der Waals surface area (Å²) in [6.07, 6.45) is 0.328. The van der Waals surface area contributed by atoms with Gasteiger partial charge >= 0.3 is 0 Å². The van der Waals surface area contributed by atoms with Gasteiger partial charge in [0.1, 0.15) is 12.4 Å². The van der Waals surface area contributed by atoms with E-state index in [0.29, 0.717) is 43.5 Å². The van der Waals surface area contributed by atoms with Gasteiger partial charge in [-0.2, -0.15) is 0 Å². The van der Waals surface area contributed by atoms with Gasteiger partial charge in [0.05, 0.1) is 26.5 Å². The summed E-state index contributed by atoms with van der Waals surface area (Å²) in [7, 11) is 3.17. The van der Waals surface area contributed by atoms with Crippen LogP contribution in [0.2, 0.25) is 0 Å². The van der Waals surface area contributed by atoms with Crippen molar-refractivity contribution in [1.29, 1.82) is 0 Å². The lowest BCUT2D eigenvalue weighted by atomic mass is 10.1. The quantitative estimate of drug-likeness (QED) is 0.666. The molecule has 2 aromatic rings. The monoisotopic (exact) mass is 412 g/mol. The van der Waals surface area contributed by atoms with E-state index in [2.05, 4.69) is 0 Å². The van der Waals surface area contributed by atoms with Crippen LogP contribution in [0.15, 0.2) is 42.5 Å². The minimum atomic E-state index is -0.0683. The maximum Gasteiger partial charge on any atom is 0.227 e. The van der Waals surface area contributed by atoms with Gasteiger partial charge in [-0.25, -0.2) is 0 Å². The van der Waals surface area contributed by atoms with E-state index in [4.69, 9.17) is 14.2 Å². The van der Waals surface area contributed by atoms with E-state index in [-0.39, 0.29) is 24.7 Å². The highest BCUT2D eigenvalue weighted by molar-refractivity contribution is 5.97. The molecule has 0 spiro atoms. The predicted octanol–water partition coefficient (Wildman–Crippen LogP) is 3.26. The van der Waals surface area contributed by atoms with Gasteiger partial charge < -0.3 is 24.0 Å². The molecule has 0 saturated carbocycles. The Labute approximate surface area is 177 Å². The Kier molecular flexibility index (Phi) is 7.17. The fourth-order valence-electron chi connectivity index (χ4n) is 3.51. The lowest BCUT2D eigenvalue weighted by Gasteiger charge is -2.29. The summed E-state index contributed by atoms with van der Waals surface area (Å²) < 4.78 is 16.2. The Hall–Kier alpha value is -3.22. The van der Waals surface area contributed by atoms with Gasteiger partial charge in [0.2, 0.25) is 11.8 Å². The van der Waals surface area contributed by atoms with Crippen LogP contribution in [0.3, 0.4) is 0 Å². The Morgan fingerprint density at radius 1 is 1.07 bits per heavy atom. The van der Waals surface area contributed by atoms with Crippen molar-refractivity contribution in [2.75, 3.05) is 38.8 Å². The van der Waals surface area contributed by atoms with Gasteiger partial charge in [0.25, 0.3) is 0 Å². The Bertz CT molecular complexity index is 899. The largest absolute Gasteiger partial charge is 0.493 e. The number of methoxy groups -OCH3 is 2. The van der Waals surface area contributed by atoms with Gasteiger partial charge in [-0.05, 0) is 36.8 Å². The van der Waals surface area contributed by atoms with Gasteiger partial charge in [0, 0.05) is 25.9 Å². The molecule has 2 amide bonds. The molecule has 0 radical (unpaired) electrons. The summed E-state index contributed by atoms with van der Waals surface area (Å²) in [5.74, 6) is 1.85. The first kappa shape index (κ1) is 21.5. The third-order valence-corrected chi connectivity index (χ3v) is 5.14. The lowest BCUT2D eigenvalue weighted by molar-refractivity contribution is -0.133. The van der Waals surface area contributed by atoms with Crippen molar-refractivity contribution in [2.24, 2.45) is 0 Å². The molecule has 1 aliphatic rings. The number of nitrogens with zero attached hydrogens (tertiary/aromatic N) is 2. The minimum absolute atomic E-state index is 0.0535. The number of hydrogen-bond donors (Lipinski definition) is 0. The van der Waals surface area contributed by atoms with Crippen molar-refractivity contribution in [3.63, 3.8) is 0 Å². The van der Waals surface area contributed by atoms with E-state index in [9.17, 15) is 9.59 Å². The predicted molar refractivity (Wildman–Crippen MR) is 114 cm³/mol. The first-order chi connectivity index (χ1) is 14.6. The van der Waals surface area contributed by atoms with Crippen molar-refractivity contribution in [2.45, 2.75) is 26.3 Å². The fraction of sp³-hybridized carbons (Fsp3) is 0.391. The average Bonchev–Trinajstić information content (AvgIpc) is 2.80. The number of para-hydroxylation sites is 2. The molecule has 0 bridgehead atoms. The molecule has 7 heteroatoms. The second kappa shape index (κ2) is 10.0. The maximum absolute atomic E-state index is 12.8. The van der Waals surface area contributed by atoms with E-state index in [1.54, 1.807) is 24.0 Å². The summed E-state index contributed by atoms with van der Waals surface area (Å²) in [6.45, 7) is 3.88. The van der Waals surface area contributed by atoms with E-state index < -0.39 is 0 Å². The molecule has 2 aromatic carbocycles. The second-order valence-electron chi connectivity index (χ2n) is 6.96. The van der Waals surface area contributed by atoms with Crippen molar-refractivity contribution in [3.8, 4) is 17.2 Å². The second-order valence-corrected chi connectivity index (χ2v) is 6.96. The molecule has 1 heterocycles. The summed E-state index contributed by atoms with van der Waals surface area (Å²) in [6, 6.07) is 13.1. The normalized spacial score (nSPS) is 12.6. The first-order valence-electron chi connectivity index (χ1n) is 10.1. The number of benzene rings is 2. The van der Waals surface area contributed by atoms with Crippen LogP contribution < -0.4 is 19.1 Å². The molecule has 0 aromatic heterocycles. The molecule has 1 aliphatic heterocycles. The Morgan fingerprint density at radius 2 is 1.83 bits per heavy atom. The van der Waals surface area contributed by atoms with Crippen LogP contribution in [0.4, 0.5) is 5.69 Å². The van der Waals surface area contributed by atoms with Crippen molar-refractivity contribution < 1.29 is 23.8 Å². The number of carbonyl (C=O) groups excluding carboxylic acids is 2. The van der Waals surface area contributed by atoms with Crippen LogP contribution in [-0.2, 0) is 16.1 Å². The zero-order valence-electron chi connectivity index (χ0n) is 17.7. The molecule has 0 fully saturated rings. The standard InChI is InChI=1S/C23H28N2O5/c1-4-24(16-17-9-10-20(28-2)21(15-17)29-3)22(26)11-12-23(27)25-13-14-30-19-8-6-5-7-18(19)25/h5-10,15H,4,11-14,16H2,1-3H3. The third kappa shape index (κ3) is 4.84. The van der Waals surface area contributed by atoms with E-state index in [1.165, 1.54) is 0 Å². The number of ether oxygens (including phenoxy) is 3. The molecule has 0 N–H and O–H groups in total. The molecule has 160 valence electrons. The van der Waals surface area contributed by atoms with Crippen LogP contribution in [0.25, 0.3) is 0 Å². The highest BCUT2D eigenvalue weighted by atomic mass is 16.5. The van der Waals surface area contributed by atoms with E-state index in [0.717, 1.165) is 11.3 Å².